The maximum atomic E-state index is 14.1. The van der Waals surface area contributed by atoms with E-state index in [4.69, 9.17) is 35.2 Å². The van der Waals surface area contributed by atoms with E-state index in [0.29, 0.717) is 29.9 Å². The zero-order valence-corrected chi connectivity index (χ0v) is 44.0. The lowest BCUT2D eigenvalue weighted by Gasteiger charge is -2.28. The number of nitrogens with one attached hydrogen (secondary N) is 10. The lowest BCUT2D eigenvalue weighted by Crippen LogP contribution is -2.59. The molecule has 74 heavy (non-hydrogen) atoms. The van der Waals surface area contributed by atoms with Gasteiger partial charge in [0.2, 0.25) is 59.1 Å². The number of aromatic nitrogens is 3. The van der Waals surface area contributed by atoms with Crippen LogP contribution in [0.25, 0.3) is 10.9 Å². The molecule has 0 bridgehead atoms. The van der Waals surface area contributed by atoms with E-state index in [2.05, 4.69) is 57.5 Å². The first-order chi connectivity index (χ1) is 34.9. The second-order valence-corrected chi connectivity index (χ2v) is 19.9. The number of benzene rings is 1. The third-order valence-electron chi connectivity index (χ3n) is 11.5. The van der Waals surface area contributed by atoms with Gasteiger partial charge in [0.15, 0.2) is 0 Å². The maximum Gasteiger partial charge on any atom is 0.243 e. The Bertz CT molecular complexity index is 2450. The molecule has 406 valence electrons. The Morgan fingerprint density at radius 3 is 1.93 bits per heavy atom. The molecule has 2 heterocycles. The summed E-state index contributed by atoms with van der Waals surface area (Å²) in [7, 11) is 0. The summed E-state index contributed by atoms with van der Waals surface area (Å²) < 4.78 is 0. The molecule has 0 aliphatic heterocycles. The molecule has 0 radical (unpaired) electrons. The van der Waals surface area contributed by atoms with Gasteiger partial charge in [-0.25, -0.2) is 4.98 Å². The number of hydrogen-bond donors (Lipinski definition) is 14. The number of amides is 10. The molecule has 10 amide bonds. The van der Waals surface area contributed by atoms with Crippen LogP contribution in [0.3, 0.4) is 0 Å². The largest absolute Gasteiger partial charge is 0.370 e. The van der Waals surface area contributed by atoms with Crippen molar-refractivity contribution in [3.05, 3.63) is 54.2 Å². The predicted molar refractivity (Wildman–Crippen MR) is 281 cm³/mol. The van der Waals surface area contributed by atoms with Gasteiger partial charge in [0.25, 0.3) is 0 Å². The summed E-state index contributed by atoms with van der Waals surface area (Å²) in [5, 5.41) is 21.9. The fourth-order valence-electron chi connectivity index (χ4n) is 7.46. The SMILES string of the molecule is CSCC[C@H](NC(=S)[C@H](CC(C)C)NC(=O)[C@H](Cc1cnc[nH]1)NC(=O)CNC(=O)[C@@H](NC(=O)[C@H](C)NC(=O)[C@H](Cc1c[nH]c2ccccc12)NC(=O)[C@H](CCC(N)=O)NC(=O)[C@@H](N)CC(N)=O)C(C)C)C(N)=O. The van der Waals surface area contributed by atoms with Gasteiger partial charge in [-0.1, -0.05) is 58.1 Å². The van der Waals surface area contributed by atoms with E-state index in [1.165, 1.54) is 31.2 Å². The van der Waals surface area contributed by atoms with Crippen LogP contribution < -0.4 is 65.5 Å². The van der Waals surface area contributed by atoms with Gasteiger partial charge in [0.1, 0.15) is 36.3 Å². The molecule has 0 aliphatic carbocycles. The molecular weight excluding hydrogens is 999 g/mol. The molecule has 3 aromatic rings. The van der Waals surface area contributed by atoms with Gasteiger partial charge < -0.3 is 75.4 Å². The van der Waals surface area contributed by atoms with Crippen molar-refractivity contribution in [3.8, 4) is 0 Å². The van der Waals surface area contributed by atoms with E-state index in [-0.39, 0.29) is 36.6 Å². The zero-order valence-electron chi connectivity index (χ0n) is 42.3. The second kappa shape index (κ2) is 30.2. The van der Waals surface area contributed by atoms with Gasteiger partial charge in [0, 0.05) is 48.3 Å². The van der Waals surface area contributed by atoms with E-state index in [1.807, 2.05) is 20.1 Å². The van der Waals surface area contributed by atoms with Crippen LogP contribution in [-0.2, 0) is 60.8 Å². The van der Waals surface area contributed by atoms with Crippen molar-refractivity contribution in [2.75, 3.05) is 18.6 Å². The molecule has 0 saturated carbocycles. The number of primary amides is 3. The molecular formula is C47H71N15O10S2. The van der Waals surface area contributed by atoms with Crippen LogP contribution in [0.4, 0.5) is 0 Å². The summed E-state index contributed by atoms with van der Waals surface area (Å²) in [5.41, 5.74) is 23.8. The zero-order chi connectivity index (χ0) is 55.2. The lowest BCUT2D eigenvalue weighted by molar-refractivity contribution is -0.135. The number of thioether (sulfide) groups is 1. The summed E-state index contributed by atoms with van der Waals surface area (Å²) >= 11 is 7.18. The first-order valence-electron chi connectivity index (χ1n) is 23.9. The van der Waals surface area contributed by atoms with Gasteiger partial charge in [-0.2, -0.15) is 11.8 Å². The lowest BCUT2D eigenvalue weighted by atomic mass is 10.0. The third kappa shape index (κ3) is 20.4. The van der Waals surface area contributed by atoms with E-state index in [9.17, 15) is 47.9 Å². The van der Waals surface area contributed by atoms with Crippen LogP contribution in [-0.4, -0.2) is 146 Å². The Balaban J connectivity index is 1.75. The van der Waals surface area contributed by atoms with Crippen LogP contribution in [0.1, 0.15) is 78.0 Å². The summed E-state index contributed by atoms with van der Waals surface area (Å²) in [5.74, 6) is -7.78. The molecule has 8 atom stereocenters. The van der Waals surface area contributed by atoms with Crippen molar-refractivity contribution in [2.45, 2.75) is 128 Å². The number of fused-ring (bicyclic) bond motifs is 1. The number of H-pyrrole nitrogens is 2. The number of thiocarbonyl (C=S) groups is 1. The topological polar surface area (TPSA) is 415 Å². The number of nitrogens with zero attached hydrogens (tertiary/aromatic N) is 1. The highest BCUT2D eigenvalue weighted by atomic mass is 32.2. The number of carbonyl (C=O) groups excluding carboxylic acids is 10. The Hall–Kier alpha value is -7.13. The smallest absolute Gasteiger partial charge is 0.243 e. The van der Waals surface area contributed by atoms with Gasteiger partial charge in [0.05, 0.1) is 36.4 Å². The maximum absolute atomic E-state index is 14.1. The molecule has 1 aromatic carbocycles. The van der Waals surface area contributed by atoms with Crippen molar-refractivity contribution in [2.24, 2.45) is 34.8 Å². The van der Waals surface area contributed by atoms with E-state index >= 15 is 0 Å². The molecule has 2 aromatic heterocycles. The average Bonchev–Trinajstić information content (AvgIpc) is 4.01. The van der Waals surface area contributed by atoms with Crippen molar-refractivity contribution >= 4 is 98.9 Å². The molecule has 0 spiro atoms. The molecule has 27 heteroatoms. The number of nitrogens with two attached hydrogens (primary N) is 4. The monoisotopic (exact) mass is 1070 g/mol. The van der Waals surface area contributed by atoms with Gasteiger partial charge in [-0.15, -0.1) is 0 Å². The summed E-state index contributed by atoms with van der Waals surface area (Å²) in [6, 6.07) is -2.38. The first-order valence-corrected chi connectivity index (χ1v) is 25.7. The highest BCUT2D eigenvalue weighted by Crippen LogP contribution is 2.20. The highest BCUT2D eigenvalue weighted by molar-refractivity contribution is 7.98. The minimum Gasteiger partial charge on any atom is -0.370 e. The minimum atomic E-state index is -1.45. The van der Waals surface area contributed by atoms with Crippen molar-refractivity contribution in [1.29, 1.82) is 0 Å². The molecule has 0 saturated heterocycles. The average molecular weight is 1070 g/mol. The van der Waals surface area contributed by atoms with Crippen molar-refractivity contribution in [3.63, 3.8) is 0 Å². The Labute approximate surface area is 438 Å². The summed E-state index contributed by atoms with van der Waals surface area (Å²) in [6.45, 7) is 7.86. The minimum absolute atomic E-state index is 0.0299. The molecule has 3 rings (SSSR count). The Morgan fingerprint density at radius 2 is 1.32 bits per heavy atom. The normalized spacial score (nSPS) is 14.4. The second-order valence-electron chi connectivity index (χ2n) is 18.5. The van der Waals surface area contributed by atoms with Crippen LogP contribution in [0.2, 0.25) is 0 Å². The number of carbonyl (C=O) groups is 10. The molecule has 0 unspecified atom stereocenters. The Kier molecular flexibility index (Phi) is 24.9. The fraction of sp³-hybridized carbons (Fsp3) is 0.532. The quantitative estimate of drug-likeness (QED) is 0.0286. The molecule has 25 nitrogen and oxygen atoms in total. The van der Waals surface area contributed by atoms with Gasteiger partial charge in [-0.05, 0) is 61.7 Å². The number of hydrogen-bond acceptors (Lipinski definition) is 14. The number of aromatic amines is 2. The van der Waals surface area contributed by atoms with E-state index in [1.54, 1.807) is 44.3 Å². The van der Waals surface area contributed by atoms with Gasteiger partial charge in [-0.3, -0.25) is 47.9 Å². The molecule has 0 aliphatic rings. The van der Waals surface area contributed by atoms with Crippen LogP contribution >= 0.6 is 24.0 Å². The van der Waals surface area contributed by atoms with Gasteiger partial charge >= 0.3 is 0 Å². The number of rotatable bonds is 32. The third-order valence-corrected chi connectivity index (χ3v) is 12.5. The standard InChI is InChI=1S/C47H71N15O10S2/c1-23(2)15-35(47(73)61-31(40(51)66)13-14-74-6)60-45(71)34(17-27-20-52-22-55-27)57-38(65)21-54-46(72)39(24(3)4)62-41(67)25(5)56-44(70)33(16-26-19-53-30-10-8-7-9-28(26)30)59-43(69)32(11-12-36(49)63)58-42(68)29(48)18-37(50)64/h7-10,19-20,22-25,29,31-35,39,53H,11-18,21,48H2,1-6H3,(H2,49,63)(H2,50,64)(H2,51,66)(H,52,55)(H,54,72)(H,56,70)(H,57,65)(H,58,68)(H,59,69)(H,60,71)(H,61,73)(H,62,67)/t25-,29-,31-,32-,33-,34-,35-,39-/m0/s1. The highest BCUT2D eigenvalue weighted by Gasteiger charge is 2.33. The first kappa shape index (κ1) is 61.2. The summed E-state index contributed by atoms with van der Waals surface area (Å²) in [6.07, 6.45) is 5.85. The predicted octanol–water partition coefficient (Wildman–Crippen LogP) is -2.58. The van der Waals surface area contributed by atoms with Crippen molar-refractivity contribution in [1.82, 2.24) is 57.5 Å². The fourth-order valence-corrected chi connectivity index (χ4v) is 8.22. The van der Waals surface area contributed by atoms with E-state index in [0.717, 1.165) is 10.9 Å². The van der Waals surface area contributed by atoms with Crippen molar-refractivity contribution < 1.29 is 47.9 Å². The number of imidazole rings is 1. The van der Waals surface area contributed by atoms with E-state index < -0.39 is 126 Å². The summed E-state index contributed by atoms with van der Waals surface area (Å²) in [4.78, 5) is 141. The Morgan fingerprint density at radius 1 is 0.689 bits per heavy atom. The number of para-hydroxylation sites is 1. The van der Waals surface area contributed by atoms with Crippen LogP contribution in [0, 0.1) is 11.8 Å². The van der Waals surface area contributed by atoms with Crippen LogP contribution in [0.15, 0.2) is 43.0 Å². The molecule has 18 N–H and O–H groups in total. The molecule has 0 fully saturated rings. The van der Waals surface area contributed by atoms with Crippen LogP contribution in [0.5, 0.6) is 0 Å².